The molecule has 0 unspecified atom stereocenters. The maximum atomic E-state index is 6.10. The second-order valence-electron chi connectivity index (χ2n) is 4.01. The van der Waals surface area contributed by atoms with Gasteiger partial charge in [0.1, 0.15) is 12.4 Å². The van der Waals surface area contributed by atoms with E-state index in [0.29, 0.717) is 17.3 Å². The minimum Gasteiger partial charge on any atom is -0.488 e. The summed E-state index contributed by atoms with van der Waals surface area (Å²) in [5.74, 6) is 0.823. The molecule has 0 amide bonds. The lowest BCUT2D eigenvalue weighted by Crippen LogP contribution is -2.02. The fourth-order valence-electron chi connectivity index (χ4n) is 1.61. The van der Waals surface area contributed by atoms with Crippen LogP contribution in [0.4, 0.5) is 5.69 Å². The van der Waals surface area contributed by atoms with Gasteiger partial charge in [0.25, 0.3) is 0 Å². The molecule has 0 aliphatic heterocycles. The smallest absolute Gasteiger partial charge is 0.123 e. The van der Waals surface area contributed by atoms with Gasteiger partial charge in [0, 0.05) is 20.7 Å². The summed E-state index contributed by atoms with van der Waals surface area (Å²) in [6, 6.07) is 11.4. The SMILES string of the molecule is Cc1ccc(Br)cc1OCc1c(N)cccc1Cl. The molecule has 0 spiro atoms. The van der Waals surface area contributed by atoms with Crippen LogP contribution >= 0.6 is 27.5 Å². The fraction of sp³-hybridized carbons (Fsp3) is 0.143. The predicted octanol–water partition coefficient (Wildman–Crippen LogP) is 4.57. The number of nitrogen functional groups attached to an aromatic ring is 1. The van der Waals surface area contributed by atoms with Crippen LogP contribution in [-0.4, -0.2) is 0 Å². The first-order chi connectivity index (χ1) is 8.58. The van der Waals surface area contributed by atoms with Crippen LogP contribution in [0, 0.1) is 6.92 Å². The minimum absolute atomic E-state index is 0.364. The number of ether oxygens (including phenoxy) is 1. The van der Waals surface area contributed by atoms with Crippen molar-refractivity contribution in [3.8, 4) is 5.75 Å². The lowest BCUT2D eigenvalue weighted by molar-refractivity contribution is 0.304. The Morgan fingerprint density at radius 1 is 1.28 bits per heavy atom. The average molecular weight is 327 g/mol. The van der Waals surface area contributed by atoms with E-state index in [2.05, 4.69) is 15.9 Å². The van der Waals surface area contributed by atoms with E-state index >= 15 is 0 Å². The molecule has 0 bridgehead atoms. The van der Waals surface area contributed by atoms with Gasteiger partial charge in [-0.1, -0.05) is 39.7 Å². The Labute approximate surface area is 120 Å². The summed E-state index contributed by atoms with van der Waals surface area (Å²) in [7, 11) is 0. The monoisotopic (exact) mass is 325 g/mol. The van der Waals surface area contributed by atoms with Gasteiger partial charge < -0.3 is 10.5 Å². The number of hydrogen-bond acceptors (Lipinski definition) is 2. The Morgan fingerprint density at radius 2 is 2.06 bits per heavy atom. The Morgan fingerprint density at radius 3 is 2.78 bits per heavy atom. The largest absolute Gasteiger partial charge is 0.488 e. The maximum Gasteiger partial charge on any atom is 0.123 e. The number of nitrogens with two attached hydrogens (primary N) is 1. The minimum atomic E-state index is 0.364. The maximum absolute atomic E-state index is 6.10. The second kappa shape index (κ2) is 5.63. The third-order valence-corrected chi connectivity index (χ3v) is 3.52. The summed E-state index contributed by atoms with van der Waals surface area (Å²) >= 11 is 9.52. The van der Waals surface area contributed by atoms with Crippen molar-refractivity contribution in [1.29, 1.82) is 0 Å². The van der Waals surface area contributed by atoms with Crippen molar-refractivity contribution in [2.45, 2.75) is 13.5 Å². The van der Waals surface area contributed by atoms with Crippen molar-refractivity contribution < 1.29 is 4.74 Å². The van der Waals surface area contributed by atoms with Crippen molar-refractivity contribution in [1.82, 2.24) is 0 Å². The van der Waals surface area contributed by atoms with E-state index in [1.807, 2.05) is 43.3 Å². The van der Waals surface area contributed by atoms with E-state index in [4.69, 9.17) is 22.1 Å². The molecule has 0 radical (unpaired) electrons. The van der Waals surface area contributed by atoms with E-state index in [0.717, 1.165) is 21.3 Å². The lowest BCUT2D eigenvalue weighted by Gasteiger charge is -2.12. The summed E-state index contributed by atoms with van der Waals surface area (Å²) in [6.07, 6.45) is 0. The molecule has 0 aliphatic carbocycles. The molecule has 0 heterocycles. The van der Waals surface area contributed by atoms with Crippen molar-refractivity contribution in [2.24, 2.45) is 0 Å². The van der Waals surface area contributed by atoms with Crippen molar-refractivity contribution in [3.05, 3.63) is 57.0 Å². The summed E-state index contributed by atoms with van der Waals surface area (Å²) in [5.41, 5.74) is 8.42. The molecule has 0 fully saturated rings. The van der Waals surface area contributed by atoms with E-state index in [1.54, 1.807) is 0 Å². The van der Waals surface area contributed by atoms with Crippen LogP contribution in [0.25, 0.3) is 0 Å². The van der Waals surface area contributed by atoms with E-state index < -0.39 is 0 Å². The van der Waals surface area contributed by atoms with Crippen LogP contribution in [0.2, 0.25) is 5.02 Å². The molecule has 0 saturated heterocycles. The highest BCUT2D eigenvalue weighted by molar-refractivity contribution is 9.10. The summed E-state index contributed by atoms with van der Waals surface area (Å²) in [4.78, 5) is 0. The summed E-state index contributed by atoms with van der Waals surface area (Å²) < 4.78 is 6.75. The molecule has 0 atom stereocenters. The van der Waals surface area contributed by atoms with Crippen LogP contribution in [-0.2, 0) is 6.61 Å². The van der Waals surface area contributed by atoms with E-state index in [1.165, 1.54) is 0 Å². The van der Waals surface area contributed by atoms with Gasteiger partial charge in [0.15, 0.2) is 0 Å². The van der Waals surface area contributed by atoms with Gasteiger partial charge in [-0.3, -0.25) is 0 Å². The standard InChI is InChI=1S/C14H13BrClNO/c1-9-5-6-10(15)7-14(9)18-8-11-12(16)3-2-4-13(11)17/h2-7H,8,17H2,1H3. The van der Waals surface area contributed by atoms with Crippen molar-refractivity contribution in [2.75, 3.05) is 5.73 Å². The molecule has 2 N–H and O–H groups in total. The Hall–Kier alpha value is -1.19. The van der Waals surface area contributed by atoms with Crippen molar-refractivity contribution in [3.63, 3.8) is 0 Å². The Bertz CT molecular complexity index is 551. The van der Waals surface area contributed by atoms with E-state index in [9.17, 15) is 0 Å². The normalized spacial score (nSPS) is 10.4. The van der Waals surface area contributed by atoms with Gasteiger partial charge in [0.05, 0.1) is 0 Å². The Balaban J connectivity index is 2.19. The van der Waals surface area contributed by atoms with Crippen LogP contribution in [0.3, 0.4) is 0 Å². The number of halogens is 2. The molecule has 2 aromatic rings. The first-order valence-electron chi connectivity index (χ1n) is 5.50. The summed E-state index contributed by atoms with van der Waals surface area (Å²) in [5, 5.41) is 0.627. The quantitative estimate of drug-likeness (QED) is 0.838. The highest BCUT2D eigenvalue weighted by Gasteiger charge is 2.07. The Kier molecular flexibility index (Phi) is 4.15. The van der Waals surface area contributed by atoms with Crippen LogP contribution < -0.4 is 10.5 Å². The molecule has 2 nitrogen and oxygen atoms in total. The first-order valence-corrected chi connectivity index (χ1v) is 6.67. The van der Waals surface area contributed by atoms with Gasteiger partial charge in [-0.25, -0.2) is 0 Å². The zero-order valence-corrected chi connectivity index (χ0v) is 12.3. The number of anilines is 1. The average Bonchev–Trinajstić information content (AvgIpc) is 2.33. The highest BCUT2D eigenvalue weighted by Crippen LogP contribution is 2.27. The van der Waals surface area contributed by atoms with Crippen LogP contribution in [0.5, 0.6) is 5.75 Å². The number of aryl methyl sites for hydroxylation is 1. The van der Waals surface area contributed by atoms with Gasteiger partial charge in [-0.05, 0) is 36.8 Å². The first kappa shape index (κ1) is 13.2. The highest BCUT2D eigenvalue weighted by atomic mass is 79.9. The molecule has 18 heavy (non-hydrogen) atoms. The molecule has 0 aromatic heterocycles. The molecule has 2 aromatic carbocycles. The molecule has 2 rings (SSSR count). The predicted molar refractivity (Wildman–Crippen MR) is 79.1 cm³/mol. The van der Waals surface area contributed by atoms with E-state index in [-0.39, 0.29) is 0 Å². The zero-order valence-electron chi connectivity index (χ0n) is 9.91. The van der Waals surface area contributed by atoms with Gasteiger partial charge in [0.2, 0.25) is 0 Å². The molecule has 94 valence electrons. The third kappa shape index (κ3) is 2.98. The second-order valence-corrected chi connectivity index (χ2v) is 5.33. The molecule has 4 heteroatoms. The summed E-state index contributed by atoms with van der Waals surface area (Å²) in [6.45, 7) is 2.36. The number of hydrogen-bond donors (Lipinski definition) is 1. The molecular weight excluding hydrogens is 314 g/mol. The zero-order chi connectivity index (χ0) is 13.1. The number of rotatable bonds is 3. The molecular formula is C14H13BrClNO. The van der Waals surface area contributed by atoms with Gasteiger partial charge in [-0.15, -0.1) is 0 Å². The van der Waals surface area contributed by atoms with Gasteiger partial charge in [-0.2, -0.15) is 0 Å². The van der Waals surface area contributed by atoms with Gasteiger partial charge >= 0.3 is 0 Å². The number of benzene rings is 2. The fourth-order valence-corrected chi connectivity index (χ4v) is 2.18. The third-order valence-electron chi connectivity index (χ3n) is 2.68. The van der Waals surface area contributed by atoms with Crippen LogP contribution in [0.1, 0.15) is 11.1 Å². The van der Waals surface area contributed by atoms with Crippen LogP contribution in [0.15, 0.2) is 40.9 Å². The molecule has 0 saturated carbocycles. The topological polar surface area (TPSA) is 35.2 Å². The molecule has 0 aliphatic rings. The lowest BCUT2D eigenvalue weighted by atomic mass is 10.2. The van der Waals surface area contributed by atoms with Crippen molar-refractivity contribution >= 4 is 33.2 Å².